The predicted molar refractivity (Wildman–Crippen MR) is 57.2 cm³/mol. The molecule has 0 aromatic heterocycles. The Morgan fingerprint density at radius 1 is 1.00 bits per heavy atom. The summed E-state index contributed by atoms with van der Waals surface area (Å²) in [6, 6.07) is 0. The molecule has 0 unspecified atom stereocenters. The van der Waals surface area contributed by atoms with Crippen molar-refractivity contribution in [2.75, 3.05) is 0 Å². The minimum absolute atomic E-state index is 0.000904. The van der Waals surface area contributed by atoms with Crippen molar-refractivity contribution >= 4 is 5.97 Å². The van der Waals surface area contributed by atoms with Crippen molar-refractivity contribution in [1.82, 2.24) is 0 Å². The van der Waals surface area contributed by atoms with Crippen LogP contribution in [0.25, 0.3) is 0 Å². The molecule has 0 aromatic rings. The van der Waals surface area contributed by atoms with Gasteiger partial charge in [-0.2, -0.15) is 0 Å². The number of hydrogen-bond donors (Lipinski definition) is 1. The number of halogens is 3. The molecule has 0 saturated carbocycles. The predicted octanol–water partition coefficient (Wildman–Crippen LogP) is -6.69. The Morgan fingerprint density at radius 3 is 2.50 bits per heavy atom. The number of carboxylic acid groups (broad SMARTS) is 1. The Bertz CT molecular complexity index is 604. The maximum absolute atomic E-state index is 11.3. The first-order valence-corrected chi connectivity index (χ1v) is 12.1. The summed E-state index contributed by atoms with van der Waals surface area (Å²) in [7, 11) is 0. The van der Waals surface area contributed by atoms with E-state index in [1.165, 1.54) is 12.7 Å². The van der Waals surface area contributed by atoms with Gasteiger partial charge in [0.05, 0.1) is 0 Å². The van der Waals surface area contributed by atoms with Crippen LogP contribution in [0.15, 0.2) is 58.4 Å². The van der Waals surface area contributed by atoms with Crippen molar-refractivity contribution in [2.45, 2.75) is 0 Å². The molecule has 2 nitrogen and oxygen atoms in total. The molecule has 5 heteroatoms. The molecule has 0 atom stereocenters. The third kappa shape index (κ3) is 2.40. The zero-order valence-corrected chi connectivity index (χ0v) is 15.5. The van der Waals surface area contributed by atoms with Gasteiger partial charge in [-0.3, -0.25) is 0 Å². The van der Waals surface area contributed by atoms with E-state index in [0.29, 0.717) is 5.57 Å². The van der Waals surface area contributed by atoms with Crippen LogP contribution in [0.3, 0.4) is 0 Å². The molecule has 96 valence electrons. The molecule has 0 saturated heterocycles. The second-order valence-electron chi connectivity index (χ2n) is 3.51. The first-order valence-electron chi connectivity index (χ1n) is 5.10. The number of hydrogen-bond acceptors (Lipinski definition) is 1. The van der Waals surface area contributed by atoms with Crippen molar-refractivity contribution in [2.24, 2.45) is 0 Å². The third-order valence-electron chi connectivity index (χ3n) is 2.45. The van der Waals surface area contributed by atoms with Crippen molar-refractivity contribution < 1.29 is 73.5 Å². The van der Waals surface area contributed by atoms with Gasteiger partial charge in [-0.25, -0.2) is 0 Å². The molecule has 18 heavy (non-hydrogen) atoms. The van der Waals surface area contributed by atoms with Gasteiger partial charge in [-0.15, -0.1) is 0 Å². The van der Waals surface area contributed by atoms with Crippen LogP contribution in [0.5, 0.6) is 0 Å². The van der Waals surface area contributed by atoms with E-state index in [4.69, 9.17) is 0 Å². The molecule has 3 rings (SSSR count). The van der Waals surface area contributed by atoms with Gasteiger partial charge in [0.25, 0.3) is 0 Å². The van der Waals surface area contributed by atoms with E-state index < -0.39 is 5.97 Å². The molecule has 0 aliphatic carbocycles. The molecule has 3 aliphatic heterocycles. The summed E-state index contributed by atoms with van der Waals surface area (Å²) in [6.45, 7) is 0. The third-order valence-corrected chi connectivity index (χ3v) is 10.8. The second-order valence-corrected chi connectivity index (χ2v) is 10.9. The second kappa shape index (κ2) is 5.61. The molecule has 1 N–H and O–H groups in total. The van der Waals surface area contributed by atoms with E-state index in [0.717, 1.165) is 3.58 Å². The normalized spacial score (nSPS) is 22.8. The molecular formula is C13H8I3O2-3. The first kappa shape index (κ1) is 13.1. The molecule has 0 spiro atoms. The summed E-state index contributed by atoms with van der Waals surface area (Å²) in [5.74, 6) is -0.769. The molecule has 3 aliphatic rings. The number of allylic oxidation sites excluding steroid dienone is 7. The van der Waals surface area contributed by atoms with E-state index in [1.54, 1.807) is 6.08 Å². The van der Waals surface area contributed by atoms with Gasteiger partial charge in [0.1, 0.15) is 0 Å². The van der Waals surface area contributed by atoms with Crippen LogP contribution in [-0.4, -0.2) is 11.1 Å². The van der Waals surface area contributed by atoms with Crippen LogP contribution in [0, 0.1) is 0 Å². The fourth-order valence-electron chi connectivity index (χ4n) is 1.67. The van der Waals surface area contributed by atoms with E-state index in [-0.39, 0.29) is 63.6 Å². The van der Waals surface area contributed by atoms with E-state index in [2.05, 4.69) is 30.5 Å². The van der Waals surface area contributed by atoms with Crippen molar-refractivity contribution in [3.63, 3.8) is 0 Å². The molecule has 0 amide bonds. The number of carbonyl (C=O) groups is 1. The molecule has 3 heterocycles. The van der Waals surface area contributed by atoms with Gasteiger partial charge < -0.3 is 0 Å². The molecular weight excluding hydrogens is 569 g/mol. The maximum atomic E-state index is 11.3. The van der Waals surface area contributed by atoms with Gasteiger partial charge in [0, 0.05) is 0 Å². The Morgan fingerprint density at radius 2 is 1.78 bits per heavy atom. The summed E-state index contributed by atoms with van der Waals surface area (Å²) < 4.78 is 10.6. The Kier molecular flexibility index (Phi) is 4.09. The number of rotatable bonds is 3. The van der Waals surface area contributed by atoms with Gasteiger partial charge in [-0.1, -0.05) is 0 Å². The average molecular weight is 577 g/mol. The fraction of sp³-hybridized carbons (Fsp3) is 0. The summed E-state index contributed by atoms with van der Waals surface area (Å²) in [6.07, 6.45) is 8.35. The molecule has 0 bridgehead atoms. The summed E-state index contributed by atoms with van der Waals surface area (Å²) >= 11 is -0.373. The van der Waals surface area contributed by atoms with E-state index in [9.17, 15) is 9.90 Å². The van der Waals surface area contributed by atoms with Crippen LogP contribution in [0.2, 0.25) is 0 Å². The topological polar surface area (TPSA) is 37.3 Å². The molecule has 0 radical (unpaired) electrons. The molecule has 0 aromatic carbocycles. The van der Waals surface area contributed by atoms with Gasteiger partial charge in [-0.05, 0) is 0 Å². The van der Waals surface area contributed by atoms with E-state index in [1.807, 2.05) is 0 Å². The van der Waals surface area contributed by atoms with Crippen molar-refractivity contribution in [1.29, 1.82) is 0 Å². The first-order chi connectivity index (χ1) is 8.77. The Balaban J connectivity index is 2.04. The van der Waals surface area contributed by atoms with Crippen molar-refractivity contribution in [3.05, 3.63) is 58.4 Å². The monoisotopic (exact) mass is 577 g/mol. The Labute approximate surface area is 136 Å². The summed E-state index contributed by atoms with van der Waals surface area (Å²) in [5.41, 5.74) is 1.89. The Hall–Kier alpha value is 0.100. The quantitative estimate of drug-likeness (QED) is 0.340. The van der Waals surface area contributed by atoms with Gasteiger partial charge in [0.15, 0.2) is 0 Å². The van der Waals surface area contributed by atoms with Crippen LogP contribution in [0.1, 0.15) is 0 Å². The molecule has 0 fully saturated rings. The number of carboxylic acids is 1. The van der Waals surface area contributed by atoms with E-state index >= 15 is 0 Å². The van der Waals surface area contributed by atoms with Crippen LogP contribution in [-0.2, 0) is 4.79 Å². The van der Waals surface area contributed by atoms with Crippen LogP contribution in [0.4, 0.5) is 0 Å². The summed E-state index contributed by atoms with van der Waals surface area (Å²) in [4.78, 5) is 11.3. The zero-order valence-electron chi connectivity index (χ0n) is 9.03. The summed E-state index contributed by atoms with van der Waals surface area (Å²) in [5, 5.41) is 9.25. The zero-order chi connectivity index (χ0) is 12.5. The van der Waals surface area contributed by atoms with Crippen LogP contribution >= 0.6 is 0 Å². The standard InChI is InChI=1S/C13H8I3O2/c17-13(18)9-4-7-16-12(9)11-8(3-6-15-11)10-2-1-5-14-10/h1-7H,(H,17,18)/q-3. The van der Waals surface area contributed by atoms with Gasteiger partial charge in [0.2, 0.25) is 0 Å². The average Bonchev–Trinajstić information content (AvgIpc) is 3.10. The SMILES string of the molecule is O=C(O)C1=C(C2=C(C3=CC=C[I-]3)C=C[I-]2)[I-]C=C1. The van der Waals surface area contributed by atoms with Crippen molar-refractivity contribution in [3.8, 4) is 0 Å². The number of aliphatic carboxylic acids is 1. The fourth-order valence-corrected chi connectivity index (χ4v) is 10.2. The van der Waals surface area contributed by atoms with Crippen LogP contribution < -0.4 is 63.6 Å². The van der Waals surface area contributed by atoms with Gasteiger partial charge >= 0.3 is 138 Å². The minimum atomic E-state index is -0.769.